The van der Waals surface area contributed by atoms with E-state index < -0.39 is 6.04 Å². The molecule has 5 nitrogen and oxygen atoms in total. The number of carbonyl (C=O) groups is 2. The second kappa shape index (κ2) is 12.4. The summed E-state index contributed by atoms with van der Waals surface area (Å²) in [6, 6.07) is 24.9. The minimum Gasteiger partial charge on any atom is -0.484 e. The molecule has 0 aliphatic heterocycles. The van der Waals surface area contributed by atoms with Crippen LogP contribution in [0, 0.1) is 6.92 Å². The van der Waals surface area contributed by atoms with Crippen LogP contribution >= 0.6 is 0 Å². The lowest BCUT2D eigenvalue weighted by Crippen LogP contribution is -2.51. The molecule has 0 heterocycles. The number of nitrogens with one attached hydrogen (secondary N) is 1. The second-order valence-electron chi connectivity index (χ2n) is 10.1. The number of benzene rings is 3. The molecular weight excluding hydrogens is 448 g/mol. The lowest BCUT2D eigenvalue weighted by atomic mass is 9.87. The van der Waals surface area contributed by atoms with Crippen LogP contribution in [0.1, 0.15) is 49.9 Å². The first-order valence-corrected chi connectivity index (χ1v) is 12.6. The Labute approximate surface area is 215 Å². The largest absolute Gasteiger partial charge is 0.484 e. The SMILES string of the molecule is CCNC(=O)C(Cc1ccccc1)N(Cc1ccccc1C)C(=O)COc1ccc(C(C)(C)C)cc1. The average molecular weight is 487 g/mol. The lowest BCUT2D eigenvalue weighted by molar-refractivity contribution is -0.142. The van der Waals surface area contributed by atoms with E-state index in [9.17, 15) is 9.59 Å². The van der Waals surface area contributed by atoms with Crippen molar-refractivity contribution in [3.63, 3.8) is 0 Å². The Balaban J connectivity index is 1.86. The summed E-state index contributed by atoms with van der Waals surface area (Å²) in [5.41, 5.74) is 4.30. The molecule has 0 saturated heterocycles. The number of hydrogen-bond acceptors (Lipinski definition) is 3. The van der Waals surface area contributed by atoms with Gasteiger partial charge in [0.25, 0.3) is 5.91 Å². The molecule has 1 N–H and O–H groups in total. The maximum absolute atomic E-state index is 13.6. The first-order valence-electron chi connectivity index (χ1n) is 12.6. The Morgan fingerprint density at radius 3 is 2.17 bits per heavy atom. The molecule has 1 unspecified atom stereocenters. The summed E-state index contributed by atoms with van der Waals surface area (Å²) in [5, 5.41) is 2.92. The van der Waals surface area contributed by atoms with Gasteiger partial charge in [-0.05, 0) is 53.6 Å². The number of aryl methyl sites for hydroxylation is 1. The Morgan fingerprint density at radius 1 is 0.917 bits per heavy atom. The predicted octanol–water partition coefficient (Wildman–Crippen LogP) is 5.45. The molecule has 36 heavy (non-hydrogen) atoms. The van der Waals surface area contributed by atoms with Gasteiger partial charge in [0.05, 0.1) is 0 Å². The molecule has 3 rings (SSSR count). The quantitative estimate of drug-likeness (QED) is 0.415. The van der Waals surface area contributed by atoms with Crippen LogP contribution in [0.2, 0.25) is 0 Å². The van der Waals surface area contributed by atoms with Gasteiger partial charge in [0, 0.05) is 19.5 Å². The standard InChI is InChI=1S/C31H38N2O3/c1-6-32-30(35)28(20-24-13-8-7-9-14-24)33(21-25-15-11-10-12-23(25)2)29(34)22-36-27-18-16-26(17-19-27)31(3,4)5/h7-19,28H,6,20-22H2,1-5H3,(H,32,35). The molecule has 0 radical (unpaired) electrons. The molecule has 3 aromatic carbocycles. The molecule has 0 fully saturated rings. The molecular formula is C31H38N2O3. The topological polar surface area (TPSA) is 58.6 Å². The third-order valence-electron chi connectivity index (χ3n) is 6.31. The first-order chi connectivity index (χ1) is 17.2. The normalized spacial score (nSPS) is 12.0. The van der Waals surface area contributed by atoms with Gasteiger partial charge >= 0.3 is 0 Å². The summed E-state index contributed by atoms with van der Waals surface area (Å²) in [4.78, 5) is 28.5. The predicted molar refractivity (Wildman–Crippen MR) is 145 cm³/mol. The van der Waals surface area contributed by atoms with Gasteiger partial charge in [-0.2, -0.15) is 0 Å². The van der Waals surface area contributed by atoms with E-state index >= 15 is 0 Å². The summed E-state index contributed by atoms with van der Waals surface area (Å²) < 4.78 is 5.90. The van der Waals surface area contributed by atoms with Crippen LogP contribution in [0.4, 0.5) is 0 Å². The van der Waals surface area contributed by atoms with Crippen molar-refractivity contribution in [2.75, 3.05) is 13.2 Å². The van der Waals surface area contributed by atoms with Crippen molar-refractivity contribution in [2.24, 2.45) is 0 Å². The van der Waals surface area contributed by atoms with Crippen molar-refractivity contribution in [3.8, 4) is 5.75 Å². The van der Waals surface area contributed by atoms with Crippen molar-refractivity contribution >= 4 is 11.8 Å². The minimum atomic E-state index is -0.661. The van der Waals surface area contributed by atoms with Gasteiger partial charge in [-0.1, -0.05) is 87.5 Å². The molecule has 0 bridgehead atoms. The summed E-state index contributed by atoms with van der Waals surface area (Å²) in [6.07, 6.45) is 0.421. The van der Waals surface area contributed by atoms with Gasteiger partial charge in [-0.25, -0.2) is 0 Å². The average Bonchev–Trinajstić information content (AvgIpc) is 2.86. The van der Waals surface area contributed by atoms with Crippen LogP contribution in [0.25, 0.3) is 0 Å². The maximum atomic E-state index is 13.6. The zero-order chi connectivity index (χ0) is 26.1. The molecule has 0 spiro atoms. The Kier molecular flexibility index (Phi) is 9.29. The van der Waals surface area contributed by atoms with E-state index in [1.165, 1.54) is 5.56 Å². The highest BCUT2D eigenvalue weighted by Crippen LogP contribution is 2.24. The van der Waals surface area contributed by atoms with E-state index in [-0.39, 0.29) is 23.8 Å². The van der Waals surface area contributed by atoms with E-state index in [1.807, 2.05) is 92.7 Å². The van der Waals surface area contributed by atoms with Gasteiger partial charge in [0.2, 0.25) is 5.91 Å². The molecule has 190 valence electrons. The summed E-state index contributed by atoms with van der Waals surface area (Å²) in [5.74, 6) is 0.230. The van der Waals surface area contributed by atoms with Crippen molar-refractivity contribution in [2.45, 2.75) is 59.0 Å². The monoisotopic (exact) mass is 486 g/mol. The minimum absolute atomic E-state index is 0.0377. The number of carbonyl (C=O) groups excluding carboxylic acids is 2. The van der Waals surface area contributed by atoms with E-state index in [1.54, 1.807) is 4.90 Å². The number of hydrogen-bond donors (Lipinski definition) is 1. The number of likely N-dealkylation sites (N-methyl/N-ethyl adjacent to an activating group) is 1. The van der Waals surface area contributed by atoms with E-state index in [2.05, 4.69) is 26.1 Å². The highest BCUT2D eigenvalue weighted by Gasteiger charge is 2.30. The Hall–Kier alpha value is -3.60. The van der Waals surface area contributed by atoms with Gasteiger partial charge in [-0.3, -0.25) is 9.59 Å². The van der Waals surface area contributed by atoms with Crippen LogP contribution in [0.3, 0.4) is 0 Å². The van der Waals surface area contributed by atoms with E-state index in [0.29, 0.717) is 25.3 Å². The smallest absolute Gasteiger partial charge is 0.261 e. The maximum Gasteiger partial charge on any atom is 0.261 e. The molecule has 0 saturated carbocycles. The van der Waals surface area contributed by atoms with Gasteiger partial charge in [-0.15, -0.1) is 0 Å². The second-order valence-corrected chi connectivity index (χ2v) is 10.1. The first kappa shape index (κ1) is 27.0. The molecule has 2 amide bonds. The molecule has 1 atom stereocenters. The van der Waals surface area contributed by atoms with Gasteiger partial charge in [0.1, 0.15) is 11.8 Å². The molecule has 3 aromatic rings. The van der Waals surface area contributed by atoms with Crippen molar-refractivity contribution in [1.29, 1.82) is 0 Å². The van der Waals surface area contributed by atoms with Crippen LogP contribution in [-0.4, -0.2) is 35.9 Å². The van der Waals surface area contributed by atoms with E-state index in [0.717, 1.165) is 16.7 Å². The molecule has 0 aliphatic carbocycles. The summed E-state index contributed by atoms with van der Waals surface area (Å²) in [7, 11) is 0. The van der Waals surface area contributed by atoms with Crippen molar-refractivity contribution < 1.29 is 14.3 Å². The Morgan fingerprint density at radius 2 is 1.56 bits per heavy atom. The number of ether oxygens (including phenoxy) is 1. The number of nitrogens with zero attached hydrogens (tertiary/aromatic N) is 1. The lowest BCUT2D eigenvalue weighted by Gasteiger charge is -2.32. The zero-order valence-electron chi connectivity index (χ0n) is 22.1. The highest BCUT2D eigenvalue weighted by molar-refractivity contribution is 5.88. The van der Waals surface area contributed by atoms with Gasteiger partial charge < -0.3 is 15.0 Å². The molecule has 5 heteroatoms. The summed E-state index contributed by atoms with van der Waals surface area (Å²) in [6.45, 7) is 11.0. The third-order valence-corrected chi connectivity index (χ3v) is 6.31. The van der Waals surface area contributed by atoms with Crippen LogP contribution in [0.5, 0.6) is 5.75 Å². The number of rotatable bonds is 10. The molecule has 0 aliphatic rings. The molecule has 0 aromatic heterocycles. The van der Waals surface area contributed by atoms with Crippen LogP contribution in [-0.2, 0) is 28.0 Å². The van der Waals surface area contributed by atoms with Crippen LogP contribution < -0.4 is 10.1 Å². The van der Waals surface area contributed by atoms with Crippen molar-refractivity contribution in [3.05, 3.63) is 101 Å². The van der Waals surface area contributed by atoms with Gasteiger partial charge in [0.15, 0.2) is 6.61 Å². The van der Waals surface area contributed by atoms with Crippen molar-refractivity contribution in [1.82, 2.24) is 10.2 Å². The highest BCUT2D eigenvalue weighted by atomic mass is 16.5. The Bertz CT molecular complexity index is 1130. The summed E-state index contributed by atoms with van der Waals surface area (Å²) >= 11 is 0. The zero-order valence-corrected chi connectivity index (χ0v) is 22.1. The fourth-order valence-electron chi connectivity index (χ4n) is 4.10. The fraction of sp³-hybridized carbons (Fsp3) is 0.355. The van der Waals surface area contributed by atoms with Crippen LogP contribution in [0.15, 0.2) is 78.9 Å². The van der Waals surface area contributed by atoms with E-state index in [4.69, 9.17) is 4.74 Å². The third kappa shape index (κ3) is 7.45. The number of amides is 2. The fourth-order valence-corrected chi connectivity index (χ4v) is 4.10.